The van der Waals surface area contributed by atoms with Crippen LogP contribution in [0.1, 0.15) is 29.6 Å². The molecule has 8 heteroatoms. The predicted molar refractivity (Wildman–Crippen MR) is 102 cm³/mol. The van der Waals surface area contributed by atoms with Gasteiger partial charge >= 0.3 is 0 Å². The van der Waals surface area contributed by atoms with Crippen LogP contribution in [0.3, 0.4) is 0 Å². The highest BCUT2D eigenvalue weighted by Gasteiger charge is 2.24. The molecular formula is C19H21ClN4O3. The van der Waals surface area contributed by atoms with Crippen molar-refractivity contribution in [2.75, 3.05) is 31.2 Å². The molecule has 1 N–H and O–H groups in total. The molecule has 7 nitrogen and oxygen atoms in total. The van der Waals surface area contributed by atoms with Crippen LogP contribution >= 0.6 is 11.6 Å². The predicted octanol–water partition coefficient (Wildman–Crippen LogP) is 2.69. The van der Waals surface area contributed by atoms with Crippen molar-refractivity contribution in [3.05, 3.63) is 41.2 Å². The lowest BCUT2D eigenvalue weighted by Crippen LogP contribution is -2.45. The van der Waals surface area contributed by atoms with Crippen LogP contribution in [0.25, 0.3) is 0 Å². The Morgan fingerprint density at radius 3 is 2.67 bits per heavy atom. The molecule has 0 bridgehead atoms. The number of fused-ring (bicyclic) bond motifs is 1. The molecule has 2 aliphatic heterocycles. The summed E-state index contributed by atoms with van der Waals surface area (Å²) < 4.78 is 11.3. The molecule has 1 aromatic carbocycles. The number of hydrogen-bond acceptors (Lipinski definition) is 6. The van der Waals surface area contributed by atoms with E-state index in [-0.39, 0.29) is 11.9 Å². The van der Waals surface area contributed by atoms with E-state index in [0.717, 1.165) is 38.3 Å². The van der Waals surface area contributed by atoms with E-state index in [1.54, 1.807) is 30.6 Å². The molecule has 0 saturated carbocycles. The van der Waals surface area contributed by atoms with Crippen molar-refractivity contribution in [1.29, 1.82) is 0 Å². The molecule has 0 aliphatic carbocycles. The van der Waals surface area contributed by atoms with Gasteiger partial charge in [0, 0.05) is 43.5 Å². The monoisotopic (exact) mass is 388 g/mol. The lowest BCUT2D eigenvalue weighted by molar-refractivity contribution is 0.0930. The van der Waals surface area contributed by atoms with E-state index < -0.39 is 0 Å². The van der Waals surface area contributed by atoms with Gasteiger partial charge in [-0.05, 0) is 31.0 Å². The van der Waals surface area contributed by atoms with Crippen LogP contribution in [0.5, 0.6) is 11.5 Å². The highest BCUT2D eigenvalue weighted by atomic mass is 35.5. The third-order valence-electron chi connectivity index (χ3n) is 4.73. The van der Waals surface area contributed by atoms with Gasteiger partial charge in [0.05, 0.1) is 18.2 Å². The quantitative estimate of drug-likeness (QED) is 0.871. The molecule has 2 aliphatic rings. The van der Waals surface area contributed by atoms with E-state index >= 15 is 0 Å². The number of carbonyl (C=O) groups excluding carboxylic acids is 1. The fraction of sp³-hybridized carbons (Fsp3) is 0.421. The first-order valence-corrected chi connectivity index (χ1v) is 9.50. The van der Waals surface area contributed by atoms with Crippen LogP contribution in [-0.4, -0.2) is 48.2 Å². The Bertz CT molecular complexity index is 810. The van der Waals surface area contributed by atoms with Crippen molar-refractivity contribution < 1.29 is 14.3 Å². The van der Waals surface area contributed by atoms with Crippen molar-refractivity contribution in [3.8, 4) is 11.5 Å². The van der Waals surface area contributed by atoms with Crippen LogP contribution in [-0.2, 0) is 0 Å². The van der Waals surface area contributed by atoms with Gasteiger partial charge in [-0.3, -0.25) is 4.79 Å². The summed E-state index contributed by atoms with van der Waals surface area (Å²) in [4.78, 5) is 23.4. The van der Waals surface area contributed by atoms with Crippen molar-refractivity contribution in [2.24, 2.45) is 0 Å². The maximum Gasteiger partial charge on any atom is 0.251 e. The normalized spacial score (nSPS) is 17.3. The number of carbonyl (C=O) groups is 1. The first-order valence-electron chi connectivity index (χ1n) is 9.12. The van der Waals surface area contributed by atoms with E-state index in [4.69, 9.17) is 21.1 Å². The van der Waals surface area contributed by atoms with E-state index in [2.05, 4.69) is 20.2 Å². The van der Waals surface area contributed by atoms with Gasteiger partial charge in [-0.15, -0.1) is 0 Å². The number of nitrogens with zero attached hydrogens (tertiary/aromatic N) is 3. The second-order valence-electron chi connectivity index (χ2n) is 6.62. The standard InChI is InChI=1S/C19H21ClN4O3/c20-15-11-13(12-16-17(15)27-10-2-9-26-16)18(25)23-14-3-7-24(8-4-14)19-21-5-1-6-22-19/h1,5-6,11-12,14H,2-4,7-10H2,(H,23,25). The van der Waals surface area contributed by atoms with Crippen LogP contribution in [0.15, 0.2) is 30.6 Å². The zero-order chi connectivity index (χ0) is 18.6. The van der Waals surface area contributed by atoms with Crippen LogP contribution < -0.4 is 19.7 Å². The second kappa shape index (κ2) is 8.00. The van der Waals surface area contributed by atoms with Crippen molar-refractivity contribution in [1.82, 2.24) is 15.3 Å². The molecule has 27 heavy (non-hydrogen) atoms. The average molecular weight is 389 g/mol. The maximum atomic E-state index is 12.7. The Morgan fingerprint density at radius 2 is 1.89 bits per heavy atom. The third-order valence-corrected chi connectivity index (χ3v) is 5.01. The number of amides is 1. The fourth-order valence-corrected chi connectivity index (χ4v) is 3.57. The SMILES string of the molecule is O=C(NC1CCN(c2ncccn2)CC1)c1cc(Cl)c2c(c1)OCCCO2. The number of aromatic nitrogens is 2. The zero-order valence-electron chi connectivity index (χ0n) is 14.9. The van der Waals surface area contributed by atoms with E-state index in [1.807, 2.05) is 0 Å². The highest BCUT2D eigenvalue weighted by Crippen LogP contribution is 2.38. The number of hydrogen-bond donors (Lipinski definition) is 1. The summed E-state index contributed by atoms with van der Waals surface area (Å²) in [6, 6.07) is 5.25. The van der Waals surface area contributed by atoms with Gasteiger partial charge in [0.2, 0.25) is 5.95 Å². The summed E-state index contributed by atoms with van der Waals surface area (Å²) in [5.41, 5.74) is 0.484. The van der Waals surface area contributed by atoms with Crippen molar-refractivity contribution >= 4 is 23.5 Å². The lowest BCUT2D eigenvalue weighted by Gasteiger charge is -2.32. The summed E-state index contributed by atoms with van der Waals surface area (Å²) in [5.74, 6) is 1.63. The molecule has 1 fully saturated rings. The molecule has 2 aromatic rings. The number of halogens is 1. The Balaban J connectivity index is 1.39. The van der Waals surface area contributed by atoms with Gasteiger partial charge in [0.15, 0.2) is 11.5 Å². The van der Waals surface area contributed by atoms with Crippen molar-refractivity contribution in [2.45, 2.75) is 25.3 Å². The molecule has 4 rings (SSSR count). The maximum absolute atomic E-state index is 12.7. The minimum Gasteiger partial charge on any atom is -0.489 e. The van der Waals surface area contributed by atoms with E-state index in [9.17, 15) is 4.79 Å². The molecule has 1 saturated heterocycles. The molecular weight excluding hydrogens is 368 g/mol. The summed E-state index contributed by atoms with van der Waals surface area (Å²) in [7, 11) is 0. The number of piperidine rings is 1. The molecule has 0 radical (unpaired) electrons. The molecule has 3 heterocycles. The van der Waals surface area contributed by atoms with Crippen LogP contribution in [0.2, 0.25) is 5.02 Å². The van der Waals surface area contributed by atoms with Crippen LogP contribution in [0, 0.1) is 0 Å². The van der Waals surface area contributed by atoms with Gasteiger partial charge in [0.25, 0.3) is 5.91 Å². The Labute approximate surface area is 162 Å². The number of ether oxygens (including phenoxy) is 2. The Morgan fingerprint density at radius 1 is 1.15 bits per heavy atom. The van der Waals surface area contributed by atoms with E-state index in [1.165, 1.54) is 0 Å². The summed E-state index contributed by atoms with van der Waals surface area (Å²) >= 11 is 6.29. The molecule has 0 unspecified atom stereocenters. The summed E-state index contributed by atoms with van der Waals surface area (Å²) in [6.07, 6.45) is 5.94. The minimum atomic E-state index is -0.151. The first-order chi connectivity index (χ1) is 13.2. The molecule has 0 atom stereocenters. The number of anilines is 1. The number of benzene rings is 1. The number of nitrogens with one attached hydrogen (secondary N) is 1. The summed E-state index contributed by atoms with van der Waals surface area (Å²) in [5, 5.41) is 3.49. The second-order valence-corrected chi connectivity index (χ2v) is 7.03. The minimum absolute atomic E-state index is 0.104. The smallest absolute Gasteiger partial charge is 0.251 e. The molecule has 1 amide bonds. The lowest BCUT2D eigenvalue weighted by atomic mass is 10.0. The molecule has 142 valence electrons. The van der Waals surface area contributed by atoms with Gasteiger partial charge in [-0.2, -0.15) is 0 Å². The first kappa shape index (κ1) is 17.9. The highest BCUT2D eigenvalue weighted by molar-refractivity contribution is 6.32. The third kappa shape index (κ3) is 4.08. The number of rotatable bonds is 3. The van der Waals surface area contributed by atoms with Crippen molar-refractivity contribution in [3.63, 3.8) is 0 Å². The van der Waals surface area contributed by atoms with Crippen LogP contribution in [0.4, 0.5) is 5.95 Å². The summed E-state index contributed by atoms with van der Waals surface area (Å²) in [6.45, 7) is 2.71. The average Bonchev–Trinajstić information content (AvgIpc) is 2.95. The van der Waals surface area contributed by atoms with Gasteiger partial charge in [0.1, 0.15) is 0 Å². The zero-order valence-corrected chi connectivity index (χ0v) is 15.6. The Kier molecular flexibility index (Phi) is 5.29. The molecule has 1 aromatic heterocycles. The topological polar surface area (TPSA) is 76.6 Å². The van der Waals surface area contributed by atoms with Gasteiger partial charge in [-0.1, -0.05) is 11.6 Å². The molecule has 0 spiro atoms. The van der Waals surface area contributed by atoms with E-state index in [0.29, 0.717) is 35.3 Å². The fourth-order valence-electron chi connectivity index (χ4n) is 3.31. The Hall–Kier alpha value is -2.54. The van der Waals surface area contributed by atoms with Gasteiger partial charge in [-0.25, -0.2) is 9.97 Å². The van der Waals surface area contributed by atoms with Gasteiger partial charge < -0.3 is 19.7 Å². The largest absolute Gasteiger partial charge is 0.489 e.